The number of methoxy groups -OCH3 is 1. The predicted molar refractivity (Wildman–Crippen MR) is 98.9 cm³/mol. The maximum Gasteiger partial charge on any atom is 0.205 e. The second-order valence-electron chi connectivity index (χ2n) is 5.59. The molecule has 1 aliphatic heterocycles. The Bertz CT molecular complexity index is 918. The van der Waals surface area contributed by atoms with E-state index < -0.39 is 0 Å². The largest absolute Gasteiger partial charge is 0.497 e. The highest BCUT2D eigenvalue weighted by molar-refractivity contribution is 5.73. The van der Waals surface area contributed by atoms with E-state index >= 15 is 0 Å². The number of nitrogens with two attached hydrogens (primary N) is 1. The summed E-state index contributed by atoms with van der Waals surface area (Å²) in [5.41, 5.74) is 9.96. The van der Waals surface area contributed by atoms with Crippen molar-refractivity contribution in [3.8, 4) is 17.6 Å². The Kier molecular flexibility index (Phi) is 4.32. The first kappa shape index (κ1) is 16.4. The molecule has 0 spiro atoms. The summed E-state index contributed by atoms with van der Waals surface area (Å²) in [6.07, 6.45) is 3.45. The minimum absolute atomic E-state index is 0.111. The number of rotatable bonds is 4. The minimum atomic E-state index is -0.308. The number of ether oxygens (including phenoxy) is 2. The van der Waals surface area contributed by atoms with Crippen molar-refractivity contribution in [1.29, 1.82) is 5.26 Å². The summed E-state index contributed by atoms with van der Waals surface area (Å²) >= 11 is 0. The fraction of sp³-hybridized carbons (Fsp3) is 0.0952. The Morgan fingerprint density at radius 2 is 1.88 bits per heavy atom. The lowest BCUT2D eigenvalue weighted by atomic mass is 9.82. The molecule has 2 aromatic rings. The smallest absolute Gasteiger partial charge is 0.205 e. The van der Waals surface area contributed by atoms with Crippen LogP contribution in [0.2, 0.25) is 0 Å². The summed E-state index contributed by atoms with van der Waals surface area (Å²) in [7, 11) is 1.62. The number of nitrogens with zero attached hydrogens (tertiary/aromatic N) is 1. The van der Waals surface area contributed by atoms with E-state index in [1.807, 2.05) is 36.4 Å². The lowest BCUT2D eigenvalue weighted by Gasteiger charge is -2.28. The van der Waals surface area contributed by atoms with Gasteiger partial charge < -0.3 is 15.2 Å². The molecule has 2 N–H and O–H groups in total. The van der Waals surface area contributed by atoms with E-state index in [0.29, 0.717) is 11.3 Å². The summed E-state index contributed by atoms with van der Waals surface area (Å²) in [6.45, 7) is 7.69. The molecule has 0 amide bonds. The first-order valence-electron chi connectivity index (χ1n) is 7.77. The van der Waals surface area contributed by atoms with Crippen molar-refractivity contribution in [3.05, 3.63) is 83.3 Å². The molecule has 0 radical (unpaired) electrons. The van der Waals surface area contributed by atoms with Crippen LogP contribution in [-0.4, -0.2) is 7.11 Å². The maximum absolute atomic E-state index is 9.62. The number of nitriles is 1. The van der Waals surface area contributed by atoms with Crippen LogP contribution < -0.4 is 15.2 Å². The van der Waals surface area contributed by atoms with Crippen LogP contribution in [0.1, 0.15) is 28.2 Å². The fourth-order valence-corrected chi connectivity index (χ4v) is 3.09. The molecule has 0 aliphatic carbocycles. The van der Waals surface area contributed by atoms with Crippen LogP contribution in [0.25, 0.3) is 12.2 Å². The minimum Gasteiger partial charge on any atom is -0.497 e. The summed E-state index contributed by atoms with van der Waals surface area (Å²) < 4.78 is 11.0. The Morgan fingerprint density at radius 3 is 2.44 bits per heavy atom. The van der Waals surface area contributed by atoms with Crippen LogP contribution in [0.4, 0.5) is 0 Å². The van der Waals surface area contributed by atoms with Crippen molar-refractivity contribution >= 4 is 12.2 Å². The number of benzene rings is 2. The zero-order valence-corrected chi connectivity index (χ0v) is 14.0. The molecule has 124 valence electrons. The highest BCUT2D eigenvalue weighted by Gasteiger charge is 2.32. The molecule has 0 saturated heterocycles. The number of allylic oxidation sites excluding steroid dienone is 1. The van der Waals surface area contributed by atoms with E-state index in [9.17, 15) is 5.26 Å². The highest BCUT2D eigenvalue weighted by Crippen LogP contribution is 2.45. The predicted octanol–water partition coefficient (Wildman–Crippen LogP) is 4.20. The Labute approximate surface area is 147 Å². The topological polar surface area (TPSA) is 68.3 Å². The van der Waals surface area contributed by atoms with Crippen LogP contribution in [0, 0.1) is 11.3 Å². The third kappa shape index (κ3) is 2.66. The van der Waals surface area contributed by atoms with Crippen LogP contribution >= 0.6 is 0 Å². The zero-order chi connectivity index (χ0) is 18.0. The van der Waals surface area contributed by atoms with Gasteiger partial charge in [0.2, 0.25) is 5.88 Å². The van der Waals surface area contributed by atoms with Crippen molar-refractivity contribution < 1.29 is 9.47 Å². The van der Waals surface area contributed by atoms with E-state index in [4.69, 9.17) is 15.2 Å². The summed E-state index contributed by atoms with van der Waals surface area (Å²) in [4.78, 5) is 0. The molecule has 4 heteroatoms. The van der Waals surface area contributed by atoms with Crippen LogP contribution in [-0.2, 0) is 0 Å². The van der Waals surface area contributed by atoms with Gasteiger partial charge in [-0.15, -0.1) is 0 Å². The molecule has 0 saturated carbocycles. The van der Waals surface area contributed by atoms with E-state index in [1.165, 1.54) is 0 Å². The molecule has 0 bridgehead atoms. The molecule has 2 aromatic carbocycles. The van der Waals surface area contributed by atoms with Gasteiger partial charge in [-0.3, -0.25) is 0 Å². The Morgan fingerprint density at radius 1 is 1.16 bits per heavy atom. The van der Waals surface area contributed by atoms with Crippen molar-refractivity contribution in [2.24, 2.45) is 5.73 Å². The first-order valence-corrected chi connectivity index (χ1v) is 7.77. The Balaban J connectivity index is 2.25. The standard InChI is InChI=1S/C21H18N2O2/c1-4-13-8-11-17-19(14-6-9-15(24-3)10-7-14)18(12-22)21(23)25-20(17)16(13)5-2/h4-11,19H,1-2,23H2,3H3. The summed E-state index contributed by atoms with van der Waals surface area (Å²) in [5, 5.41) is 9.62. The van der Waals surface area contributed by atoms with Gasteiger partial charge in [0.25, 0.3) is 0 Å². The van der Waals surface area contributed by atoms with Crippen molar-refractivity contribution in [2.45, 2.75) is 5.92 Å². The molecule has 1 aliphatic rings. The summed E-state index contributed by atoms with van der Waals surface area (Å²) in [6, 6.07) is 13.7. The van der Waals surface area contributed by atoms with E-state index in [1.54, 1.807) is 19.3 Å². The lowest BCUT2D eigenvalue weighted by molar-refractivity contribution is 0.392. The van der Waals surface area contributed by atoms with Gasteiger partial charge in [0, 0.05) is 11.1 Å². The second-order valence-corrected chi connectivity index (χ2v) is 5.59. The highest BCUT2D eigenvalue weighted by atomic mass is 16.5. The van der Waals surface area contributed by atoms with Crippen molar-refractivity contribution in [1.82, 2.24) is 0 Å². The molecule has 1 heterocycles. The second kappa shape index (κ2) is 6.58. The molecule has 25 heavy (non-hydrogen) atoms. The van der Waals surface area contributed by atoms with Gasteiger partial charge in [-0.1, -0.05) is 49.6 Å². The van der Waals surface area contributed by atoms with Crippen molar-refractivity contribution in [2.75, 3.05) is 7.11 Å². The summed E-state index contributed by atoms with van der Waals surface area (Å²) in [5.74, 6) is 1.17. The van der Waals surface area contributed by atoms with Gasteiger partial charge >= 0.3 is 0 Å². The molecule has 0 fully saturated rings. The van der Waals surface area contributed by atoms with Crippen LogP contribution in [0.5, 0.6) is 11.5 Å². The van der Waals surface area contributed by atoms with Crippen molar-refractivity contribution in [3.63, 3.8) is 0 Å². The van der Waals surface area contributed by atoms with Gasteiger partial charge in [0.15, 0.2) is 0 Å². The SMILES string of the molecule is C=Cc1ccc2c(c1C=C)OC(N)=C(C#N)C2c1ccc(OC)cc1. The molecule has 3 rings (SSSR count). The number of fused-ring (bicyclic) bond motifs is 1. The van der Waals surface area contributed by atoms with Gasteiger partial charge in [0.1, 0.15) is 23.1 Å². The molecule has 4 nitrogen and oxygen atoms in total. The molecule has 0 aromatic heterocycles. The molecule has 1 unspecified atom stereocenters. The monoisotopic (exact) mass is 330 g/mol. The molecular formula is C21H18N2O2. The Hall–Kier alpha value is -3.45. The average molecular weight is 330 g/mol. The van der Waals surface area contributed by atoms with Gasteiger partial charge in [0.05, 0.1) is 13.0 Å². The number of hydrogen-bond donors (Lipinski definition) is 1. The fourth-order valence-electron chi connectivity index (χ4n) is 3.09. The average Bonchev–Trinajstić information content (AvgIpc) is 2.66. The first-order chi connectivity index (χ1) is 12.1. The zero-order valence-electron chi connectivity index (χ0n) is 14.0. The van der Waals surface area contributed by atoms with E-state index in [2.05, 4.69) is 19.2 Å². The third-order valence-electron chi connectivity index (χ3n) is 4.33. The molecular weight excluding hydrogens is 312 g/mol. The lowest BCUT2D eigenvalue weighted by Crippen LogP contribution is -2.21. The maximum atomic E-state index is 9.62. The van der Waals surface area contributed by atoms with E-state index in [-0.39, 0.29) is 11.8 Å². The van der Waals surface area contributed by atoms with Gasteiger partial charge in [-0.2, -0.15) is 5.26 Å². The quantitative estimate of drug-likeness (QED) is 0.912. The van der Waals surface area contributed by atoms with E-state index in [0.717, 1.165) is 28.0 Å². The van der Waals surface area contributed by atoms with Gasteiger partial charge in [-0.25, -0.2) is 0 Å². The van der Waals surface area contributed by atoms with Crippen LogP contribution in [0.3, 0.4) is 0 Å². The normalized spacial score (nSPS) is 15.6. The number of hydrogen-bond acceptors (Lipinski definition) is 4. The molecule has 1 atom stereocenters. The van der Waals surface area contributed by atoms with Crippen LogP contribution in [0.15, 0.2) is 61.0 Å². The van der Waals surface area contributed by atoms with Gasteiger partial charge in [-0.05, 0) is 23.3 Å². The third-order valence-corrected chi connectivity index (χ3v) is 4.33.